The van der Waals surface area contributed by atoms with E-state index in [0.717, 1.165) is 28.9 Å². The number of nitrogens with zero attached hydrogens (tertiary/aromatic N) is 2. The molecule has 0 aliphatic carbocycles. The Hall–Kier alpha value is -0.910. The van der Waals surface area contributed by atoms with Crippen LogP contribution in [0.2, 0.25) is 0 Å². The number of thioether (sulfide) groups is 1. The molecular weight excluding hydrogens is 298 g/mol. The van der Waals surface area contributed by atoms with Crippen molar-refractivity contribution < 1.29 is 0 Å². The first-order valence-electron chi connectivity index (χ1n) is 7.40. The van der Waals surface area contributed by atoms with Gasteiger partial charge in [-0.3, -0.25) is 0 Å². The van der Waals surface area contributed by atoms with Crippen molar-refractivity contribution in [1.29, 1.82) is 0 Å². The molecule has 0 spiro atoms. The zero-order chi connectivity index (χ0) is 15.2. The number of hydrogen-bond donors (Lipinski definition) is 1. The predicted octanol–water partition coefficient (Wildman–Crippen LogP) is 4.16. The molecule has 0 radical (unpaired) electrons. The molecule has 2 aromatic rings. The summed E-state index contributed by atoms with van der Waals surface area (Å²) in [6, 6.07) is 7.03. The number of nitrogens with one attached hydrogen (secondary N) is 1. The van der Waals surface area contributed by atoms with Crippen LogP contribution in [0.5, 0.6) is 0 Å². The maximum absolute atomic E-state index is 4.54. The summed E-state index contributed by atoms with van der Waals surface area (Å²) in [6.45, 7) is 9.55. The molecule has 0 amide bonds. The Balaban J connectivity index is 2.09. The molecule has 0 bridgehead atoms. The molecule has 1 aromatic carbocycles. The fourth-order valence-electron chi connectivity index (χ4n) is 2.24. The van der Waals surface area contributed by atoms with Gasteiger partial charge in [-0.2, -0.15) is 4.37 Å². The van der Waals surface area contributed by atoms with Crippen molar-refractivity contribution in [2.45, 2.75) is 44.5 Å². The summed E-state index contributed by atoms with van der Waals surface area (Å²) in [6.07, 6.45) is 0.907. The largest absolute Gasteiger partial charge is 0.309 e. The molecule has 1 unspecified atom stereocenters. The van der Waals surface area contributed by atoms with Crippen LogP contribution in [0.4, 0.5) is 0 Å². The third kappa shape index (κ3) is 4.53. The van der Waals surface area contributed by atoms with Crippen LogP contribution < -0.4 is 5.32 Å². The lowest BCUT2D eigenvalue weighted by atomic mass is 10.00. The predicted molar refractivity (Wildman–Crippen MR) is 92.3 cm³/mol. The molecule has 0 fully saturated rings. The van der Waals surface area contributed by atoms with E-state index in [1.807, 2.05) is 0 Å². The van der Waals surface area contributed by atoms with Crippen LogP contribution in [0, 0.1) is 13.8 Å². The van der Waals surface area contributed by atoms with Gasteiger partial charge in [0.15, 0.2) is 4.34 Å². The summed E-state index contributed by atoms with van der Waals surface area (Å²) in [5.74, 6) is 1.94. The third-order valence-electron chi connectivity index (χ3n) is 3.40. The van der Waals surface area contributed by atoms with Gasteiger partial charge >= 0.3 is 0 Å². The van der Waals surface area contributed by atoms with Gasteiger partial charge in [-0.15, -0.1) is 0 Å². The van der Waals surface area contributed by atoms with Crippen molar-refractivity contribution in [2.75, 3.05) is 12.3 Å². The van der Waals surface area contributed by atoms with Gasteiger partial charge in [0.05, 0.1) is 0 Å². The summed E-state index contributed by atoms with van der Waals surface area (Å²) in [5, 5.41) is 3.59. The highest BCUT2D eigenvalue weighted by Crippen LogP contribution is 2.28. The van der Waals surface area contributed by atoms with Gasteiger partial charge in [-0.1, -0.05) is 49.4 Å². The van der Waals surface area contributed by atoms with Crippen molar-refractivity contribution in [1.82, 2.24) is 14.7 Å². The van der Waals surface area contributed by atoms with E-state index in [2.05, 4.69) is 60.6 Å². The minimum absolute atomic E-state index is 0.355. The van der Waals surface area contributed by atoms with E-state index in [9.17, 15) is 0 Å². The summed E-state index contributed by atoms with van der Waals surface area (Å²) in [5.41, 5.74) is 4.05. The van der Waals surface area contributed by atoms with Crippen LogP contribution in [0.1, 0.15) is 42.4 Å². The first-order chi connectivity index (χ1) is 10.1. The van der Waals surface area contributed by atoms with Crippen LogP contribution in [0.25, 0.3) is 0 Å². The minimum atomic E-state index is 0.355. The maximum atomic E-state index is 4.54. The van der Waals surface area contributed by atoms with Crippen LogP contribution in [-0.2, 0) is 6.42 Å². The molecule has 114 valence electrons. The Morgan fingerprint density at radius 3 is 2.76 bits per heavy atom. The Morgan fingerprint density at radius 2 is 2.10 bits per heavy atom. The SMILES string of the molecule is CCNC(CSc1nc(CC)ns1)c1cc(C)ccc1C. The molecule has 1 N–H and O–H groups in total. The molecule has 1 aromatic heterocycles. The molecule has 1 atom stereocenters. The summed E-state index contributed by atoms with van der Waals surface area (Å²) in [4.78, 5) is 4.54. The highest BCUT2D eigenvalue weighted by atomic mass is 32.2. The van der Waals surface area contributed by atoms with Gasteiger partial charge < -0.3 is 5.32 Å². The summed E-state index contributed by atoms with van der Waals surface area (Å²) >= 11 is 3.31. The van der Waals surface area contributed by atoms with Gasteiger partial charge in [-0.05, 0) is 43.1 Å². The molecule has 21 heavy (non-hydrogen) atoms. The van der Waals surface area contributed by atoms with Crippen molar-refractivity contribution in [3.8, 4) is 0 Å². The Morgan fingerprint density at radius 1 is 1.29 bits per heavy atom. The standard InChI is InChI=1S/C16H23N3S2/c1-5-15-18-16(21-19-15)20-10-14(17-6-2)13-9-11(3)7-8-12(13)4/h7-9,14,17H,5-6,10H2,1-4H3. The molecule has 0 saturated heterocycles. The number of benzene rings is 1. The van der Waals surface area contributed by atoms with Gasteiger partial charge in [0.25, 0.3) is 0 Å². The summed E-state index contributed by atoms with van der Waals surface area (Å²) < 4.78 is 5.42. The quantitative estimate of drug-likeness (QED) is 0.777. The lowest BCUT2D eigenvalue weighted by molar-refractivity contribution is 0.602. The number of aromatic nitrogens is 2. The second kappa shape index (κ2) is 7.92. The average Bonchev–Trinajstić information content (AvgIpc) is 2.94. The van der Waals surface area contributed by atoms with E-state index in [1.165, 1.54) is 28.2 Å². The first kappa shape index (κ1) is 16.5. The number of hydrogen-bond acceptors (Lipinski definition) is 5. The topological polar surface area (TPSA) is 37.8 Å². The second-order valence-corrected chi connectivity index (χ2v) is 7.13. The number of aryl methyl sites for hydroxylation is 3. The first-order valence-corrected chi connectivity index (χ1v) is 9.15. The molecule has 3 nitrogen and oxygen atoms in total. The van der Waals surface area contributed by atoms with E-state index in [4.69, 9.17) is 0 Å². The van der Waals surface area contributed by atoms with E-state index in [0.29, 0.717) is 6.04 Å². The van der Waals surface area contributed by atoms with Crippen molar-refractivity contribution in [2.24, 2.45) is 0 Å². The zero-order valence-corrected chi connectivity index (χ0v) is 14.8. The van der Waals surface area contributed by atoms with Crippen molar-refractivity contribution in [3.05, 3.63) is 40.7 Å². The van der Waals surface area contributed by atoms with Crippen LogP contribution in [0.15, 0.2) is 22.5 Å². The highest BCUT2D eigenvalue weighted by Gasteiger charge is 2.15. The Labute approximate surface area is 135 Å². The van der Waals surface area contributed by atoms with Gasteiger partial charge in [-0.25, -0.2) is 4.98 Å². The maximum Gasteiger partial charge on any atom is 0.170 e. The molecule has 5 heteroatoms. The van der Waals surface area contributed by atoms with E-state index >= 15 is 0 Å². The van der Waals surface area contributed by atoms with E-state index < -0.39 is 0 Å². The molecule has 0 saturated carbocycles. The molecule has 1 heterocycles. The van der Waals surface area contributed by atoms with Gasteiger partial charge in [0.1, 0.15) is 5.82 Å². The molecule has 0 aliphatic heterocycles. The molecule has 2 rings (SSSR count). The fraction of sp³-hybridized carbons (Fsp3) is 0.500. The lowest BCUT2D eigenvalue weighted by Crippen LogP contribution is -2.23. The minimum Gasteiger partial charge on any atom is -0.309 e. The van der Waals surface area contributed by atoms with Crippen molar-refractivity contribution >= 4 is 23.3 Å². The van der Waals surface area contributed by atoms with Crippen LogP contribution in [-0.4, -0.2) is 21.7 Å². The van der Waals surface area contributed by atoms with Gasteiger partial charge in [0.2, 0.25) is 0 Å². The van der Waals surface area contributed by atoms with Crippen LogP contribution >= 0.6 is 23.3 Å². The molecule has 0 aliphatic rings. The van der Waals surface area contributed by atoms with Crippen LogP contribution in [0.3, 0.4) is 0 Å². The average molecular weight is 322 g/mol. The Kier molecular flexibility index (Phi) is 6.21. The highest BCUT2D eigenvalue weighted by molar-refractivity contribution is 8.00. The fourth-order valence-corrected chi connectivity index (χ4v) is 4.04. The smallest absolute Gasteiger partial charge is 0.170 e. The zero-order valence-electron chi connectivity index (χ0n) is 13.1. The van der Waals surface area contributed by atoms with Crippen molar-refractivity contribution in [3.63, 3.8) is 0 Å². The number of rotatable bonds is 7. The monoisotopic (exact) mass is 321 g/mol. The van der Waals surface area contributed by atoms with E-state index in [1.54, 1.807) is 11.8 Å². The summed E-state index contributed by atoms with van der Waals surface area (Å²) in [7, 11) is 0. The van der Waals surface area contributed by atoms with E-state index in [-0.39, 0.29) is 0 Å². The van der Waals surface area contributed by atoms with Gasteiger partial charge in [0, 0.05) is 18.2 Å². The normalized spacial score (nSPS) is 12.6. The molecular formula is C16H23N3S2. The lowest BCUT2D eigenvalue weighted by Gasteiger charge is -2.20. The third-order valence-corrected chi connectivity index (χ3v) is 5.36. The Bertz CT molecular complexity index is 581. The second-order valence-electron chi connectivity index (χ2n) is 5.11.